The third kappa shape index (κ3) is 4.36. The van der Waals surface area contributed by atoms with E-state index in [1.807, 2.05) is 36.4 Å². The van der Waals surface area contributed by atoms with Crippen LogP contribution in [0.3, 0.4) is 0 Å². The van der Waals surface area contributed by atoms with Crippen LogP contribution in [-0.2, 0) is 30.5 Å². The number of nitrogens with zero attached hydrogens (tertiary/aromatic N) is 2. The highest BCUT2D eigenvalue weighted by atomic mass is 19.1. The van der Waals surface area contributed by atoms with Crippen molar-refractivity contribution in [1.82, 2.24) is 9.97 Å². The van der Waals surface area contributed by atoms with E-state index in [1.54, 1.807) is 6.07 Å². The van der Waals surface area contributed by atoms with Crippen molar-refractivity contribution in [3.8, 4) is 11.3 Å². The van der Waals surface area contributed by atoms with Crippen LogP contribution >= 0.6 is 0 Å². The molecule has 2 aromatic carbocycles. The lowest BCUT2D eigenvalue weighted by molar-refractivity contribution is -0.115. The molecule has 1 amide bonds. The molecule has 31 heavy (non-hydrogen) atoms. The van der Waals surface area contributed by atoms with Gasteiger partial charge in [-0.15, -0.1) is 0 Å². The van der Waals surface area contributed by atoms with Crippen LogP contribution < -0.4 is 5.32 Å². The van der Waals surface area contributed by atoms with E-state index < -0.39 is 0 Å². The van der Waals surface area contributed by atoms with Gasteiger partial charge in [0, 0.05) is 5.56 Å². The van der Waals surface area contributed by atoms with E-state index >= 15 is 0 Å². The summed E-state index contributed by atoms with van der Waals surface area (Å²) in [5.41, 5.74) is 5.49. The molecule has 0 unspecified atom stereocenters. The van der Waals surface area contributed by atoms with Crippen molar-refractivity contribution in [3.63, 3.8) is 0 Å². The molecule has 1 aromatic heterocycles. The maximum Gasteiger partial charge on any atom is 0.229 e. The quantitative estimate of drug-likeness (QED) is 0.616. The van der Waals surface area contributed by atoms with Crippen molar-refractivity contribution in [1.29, 1.82) is 0 Å². The Morgan fingerprint density at radius 3 is 2.65 bits per heavy atom. The van der Waals surface area contributed by atoms with E-state index in [0.29, 0.717) is 24.6 Å². The zero-order valence-corrected chi connectivity index (χ0v) is 17.5. The molecule has 2 aliphatic rings. The number of halogens is 1. The van der Waals surface area contributed by atoms with Gasteiger partial charge < -0.3 is 5.32 Å². The Labute approximate surface area is 181 Å². The predicted octanol–water partition coefficient (Wildman–Crippen LogP) is 5.30. The van der Waals surface area contributed by atoms with Crippen molar-refractivity contribution in [2.24, 2.45) is 5.92 Å². The summed E-state index contributed by atoms with van der Waals surface area (Å²) in [5.74, 6) is 0.878. The number of benzene rings is 2. The van der Waals surface area contributed by atoms with Crippen molar-refractivity contribution in [2.45, 2.75) is 51.4 Å². The van der Waals surface area contributed by atoms with Gasteiger partial charge in [0.05, 0.1) is 23.5 Å². The fourth-order valence-corrected chi connectivity index (χ4v) is 4.84. The number of nitrogens with one attached hydrogen (secondary N) is 1. The molecular formula is C26H26FN3O. The molecule has 1 fully saturated rings. The summed E-state index contributed by atoms with van der Waals surface area (Å²) in [6.07, 6.45) is 7.44. The minimum atomic E-state index is -0.217. The van der Waals surface area contributed by atoms with Crippen LogP contribution in [0.2, 0.25) is 0 Å². The molecule has 0 radical (unpaired) electrons. The topological polar surface area (TPSA) is 54.9 Å². The van der Waals surface area contributed by atoms with Gasteiger partial charge in [-0.05, 0) is 54.5 Å². The minimum Gasteiger partial charge on any atom is -0.309 e. The first-order chi connectivity index (χ1) is 15.2. The van der Waals surface area contributed by atoms with E-state index in [4.69, 9.17) is 9.97 Å². The number of aryl methyl sites for hydroxylation is 2. The van der Waals surface area contributed by atoms with Crippen molar-refractivity contribution in [3.05, 3.63) is 76.9 Å². The highest BCUT2D eigenvalue weighted by Gasteiger charge is 2.25. The van der Waals surface area contributed by atoms with Crippen LogP contribution in [0.5, 0.6) is 0 Å². The van der Waals surface area contributed by atoms with Crippen LogP contribution in [-0.4, -0.2) is 15.9 Å². The fourth-order valence-electron chi connectivity index (χ4n) is 4.84. The molecule has 0 saturated heterocycles. The first-order valence-corrected chi connectivity index (χ1v) is 11.2. The van der Waals surface area contributed by atoms with E-state index in [0.717, 1.165) is 46.6 Å². The SMILES string of the molecule is O=C(Cc1ccccc1)Nc1nc2c(nc1CC1CCCC1)-c1ccc(F)cc1CC2. The van der Waals surface area contributed by atoms with E-state index in [-0.39, 0.29) is 11.7 Å². The first kappa shape index (κ1) is 19.9. The molecule has 5 rings (SSSR count). The Balaban J connectivity index is 1.48. The number of hydrogen-bond donors (Lipinski definition) is 1. The highest BCUT2D eigenvalue weighted by molar-refractivity contribution is 5.92. The number of carbonyl (C=O) groups excluding carboxylic acids is 1. The van der Waals surface area contributed by atoms with Crippen LogP contribution in [0.4, 0.5) is 10.2 Å². The average molecular weight is 416 g/mol. The lowest BCUT2D eigenvalue weighted by Gasteiger charge is -2.22. The Kier molecular flexibility index (Phi) is 5.49. The number of hydrogen-bond acceptors (Lipinski definition) is 3. The molecule has 0 aliphatic heterocycles. The smallest absolute Gasteiger partial charge is 0.229 e. The largest absolute Gasteiger partial charge is 0.309 e. The molecule has 2 aliphatic carbocycles. The van der Waals surface area contributed by atoms with Crippen molar-refractivity contribution >= 4 is 11.7 Å². The molecule has 1 N–H and O–H groups in total. The molecule has 0 bridgehead atoms. The number of rotatable bonds is 5. The molecule has 5 heteroatoms. The second-order valence-electron chi connectivity index (χ2n) is 8.68. The van der Waals surface area contributed by atoms with Gasteiger partial charge in [0.2, 0.25) is 5.91 Å². The molecule has 1 saturated carbocycles. The lowest BCUT2D eigenvalue weighted by atomic mass is 9.91. The molecule has 158 valence electrons. The number of anilines is 1. The first-order valence-electron chi connectivity index (χ1n) is 11.2. The molecule has 1 heterocycles. The predicted molar refractivity (Wildman–Crippen MR) is 119 cm³/mol. The lowest BCUT2D eigenvalue weighted by Crippen LogP contribution is -2.20. The third-order valence-corrected chi connectivity index (χ3v) is 6.42. The monoisotopic (exact) mass is 415 g/mol. The van der Waals surface area contributed by atoms with Gasteiger partial charge in [-0.25, -0.2) is 14.4 Å². The number of amides is 1. The van der Waals surface area contributed by atoms with Gasteiger partial charge in [0.15, 0.2) is 5.82 Å². The number of aromatic nitrogens is 2. The van der Waals surface area contributed by atoms with Crippen molar-refractivity contribution in [2.75, 3.05) is 5.32 Å². The third-order valence-electron chi connectivity index (χ3n) is 6.42. The van der Waals surface area contributed by atoms with E-state index in [1.165, 1.54) is 31.7 Å². The Bertz CT molecular complexity index is 1110. The van der Waals surface area contributed by atoms with Crippen molar-refractivity contribution < 1.29 is 9.18 Å². The second-order valence-corrected chi connectivity index (χ2v) is 8.68. The number of fused-ring (bicyclic) bond motifs is 3. The minimum absolute atomic E-state index is 0.0774. The molecule has 0 atom stereocenters. The maximum absolute atomic E-state index is 13.7. The van der Waals surface area contributed by atoms with Crippen LogP contribution in [0.1, 0.15) is 48.2 Å². The average Bonchev–Trinajstić information content (AvgIpc) is 3.28. The Hall–Kier alpha value is -3.08. The summed E-state index contributed by atoms with van der Waals surface area (Å²) < 4.78 is 13.7. The van der Waals surface area contributed by atoms with Crippen LogP contribution in [0.15, 0.2) is 48.5 Å². The van der Waals surface area contributed by atoms with E-state index in [2.05, 4.69) is 5.32 Å². The molecule has 3 aromatic rings. The summed E-state index contributed by atoms with van der Waals surface area (Å²) in [7, 11) is 0. The fraction of sp³-hybridized carbons (Fsp3) is 0.346. The standard InChI is InChI=1S/C26H26FN3O/c27-20-11-12-21-19(16-20)10-13-22-25(21)28-23(14-17-8-4-5-9-17)26(29-22)30-24(31)15-18-6-2-1-3-7-18/h1-3,6-7,11-12,16-17H,4-5,8-10,13-15H2,(H,29,30,31). The highest BCUT2D eigenvalue weighted by Crippen LogP contribution is 2.35. The molecular weight excluding hydrogens is 389 g/mol. The number of carbonyl (C=O) groups is 1. The van der Waals surface area contributed by atoms with Gasteiger partial charge in [0.1, 0.15) is 5.82 Å². The summed E-state index contributed by atoms with van der Waals surface area (Å²) >= 11 is 0. The van der Waals surface area contributed by atoms with Crippen LogP contribution in [0.25, 0.3) is 11.3 Å². The second kappa shape index (κ2) is 8.58. The normalized spacial score (nSPS) is 15.4. The van der Waals surface area contributed by atoms with Gasteiger partial charge in [-0.3, -0.25) is 4.79 Å². The molecule has 0 spiro atoms. The van der Waals surface area contributed by atoms with E-state index in [9.17, 15) is 9.18 Å². The van der Waals surface area contributed by atoms with Gasteiger partial charge >= 0.3 is 0 Å². The maximum atomic E-state index is 13.7. The summed E-state index contributed by atoms with van der Waals surface area (Å²) in [6.45, 7) is 0. The Morgan fingerprint density at radius 2 is 1.84 bits per heavy atom. The Morgan fingerprint density at radius 1 is 1.03 bits per heavy atom. The van der Waals surface area contributed by atoms with Gasteiger partial charge in [-0.1, -0.05) is 56.0 Å². The van der Waals surface area contributed by atoms with Gasteiger partial charge in [-0.2, -0.15) is 0 Å². The summed E-state index contributed by atoms with van der Waals surface area (Å²) in [4.78, 5) is 22.6. The molecule has 4 nitrogen and oxygen atoms in total. The summed E-state index contributed by atoms with van der Waals surface area (Å²) in [6, 6.07) is 14.6. The zero-order chi connectivity index (χ0) is 21.2. The van der Waals surface area contributed by atoms with Gasteiger partial charge in [0.25, 0.3) is 0 Å². The van der Waals surface area contributed by atoms with Crippen LogP contribution in [0, 0.1) is 11.7 Å². The summed E-state index contributed by atoms with van der Waals surface area (Å²) in [5, 5.41) is 3.04. The zero-order valence-electron chi connectivity index (χ0n) is 17.5.